The summed E-state index contributed by atoms with van der Waals surface area (Å²) in [6, 6.07) is 7.22. The second-order valence-electron chi connectivity index (χ2n) is 5.12. The van der Waals surface area contributed by atoms with Gasteiger partial charge in [0.2, 0.25) is 0 Å². The average molecular weight is 306 g/mol. The first-order valence-corrected chi connectivity index (χ1v) is 6.88. The first-order valence-electron chi connectivity index (χ1n) is 6.88. The number of nitro groups is 1. The molecule has 2 atom stereocenters. The van der Waals surface area contributed by atoms with Gasteiger partial charge < -0.3 is 19.9 Å². The first-order chi connectivity index (χ1) is 10.5. The number of nitrogens with one attached hydrogen (secondary N) is 1. The van der Waals surface area contributed by atoms with Gasteiger partial charge in [0.15, 0.2) is 0 Å². The number of nitro benzene ring substituents is 1. The van der Waals surface area contributed by atoms with Crippen LogP contribution < -0.4 is 5.32 Å². The van der Waals surface area contributed by atoms with Crippen molar-refractivity contribution < 1.29 is 19.6 Å². The number of nitrogens with zero attached hydrogens (tertiary/aromatic N) is 1. The molecule has 0 aliphatic heterocycles. The molecule has 0 saturated carbocycles. The van der Waals surface area contributed by atoms with Crippen molar-refractivity contribution >= 4 is 5.69 Å². The molecule has 2 aromatic rings. The molecule has 7 heteroatoms. The Balaban J connectivity index is 1.92. The molecule has 0 amide bonds. The summed E-state index contributed by atoms with van der Waals surface area (Å²) in [5.74, 6) is 0.490. The lowest BCUT2D eigenvalue weighted by atomic mass is 10.1. The molecule has 0 aliphatic carbocycles. The summed E-state index contributed by atoms with van der Waals surface area (Å²) in [7, 11) is 0. The van der Waals surface area contributed by atoms with Gasteiger partial charge >= 0.3 is 0 Å². The Labute approximate surface area is 127 Å². The molecule has 0 fully saturated rings. The Kier molecular flexibility index (Phi) is 5.13. The van der Waals surface area contributed by atoms with Crippen molar-refractivity contribution in [2.24, 2.45) is 0 Å². The van der Waals surface area contributed by atoms with Crippen LogP contribution in [0.3, 0.4) is 0 Å². The molecule has 0 spiro atoms. The van der Waals surface area contributed by atoms with Gasteiger partial charge in [0.1, 0.15) is 17.6 Å². The van der Waals surface area contributed by atoms with Crippen molar-refractivity contribution in [3.05, 3.63) is 58.0 Å². The summed E-state index contributed by atoms with van der Waals surface area (Å²) in [5, 5.41) is 33.6. The van der Waals surface area contributed by atoms with Crippen LogP contribution in [0.2, 0.25) is 0 Å². The van der Waals surface area contributed by atoms with E-state index in [2.05, 4.69) is 5.32 Å². The number of aromatic hydroxyl groups is 1. The van der Waals surface area contributed by atoms with Gasteiger partial charge in [-0.3, -0.25) is 10.1 Å². The first kappa shape index (κ1) is 16.0. The number of benzene rings is 1. The van der Waals surface area contributed by atoms with Crippen LogP contribution in [0, 0.1) is 10.1 Å². The number of rotatable bonds is 7. The highest BCUT2D eigenvalue weighted by molar-refractivity contribution is 5.42. The second kappa shape index (κ2) is 7.06. The molecule has 118 valence electrons. The topological polar surface area (TPSA) is 109 Å². The predicted molar refractivity (Wildman–Crippen MR) is 79.3 cm³/mol. The quantitative estimate of drug-likeness (QED) is 0.535. The summed E-state index contributed by atoms with van der Waals surface area (Å²) in [6.07, 6.45) is 1.19. The largest absolute Gasteiger partial charge is 0.508 e. The van der Waals surface area contributed by atoms with Crippen LogP contribution in [0.5, 0.6) is 5.75 Å². The van der Waals surface area contributed by atoms with Crippen LogP contribution in [0.25, 0.3) is 0 Å². The Bertz CT molecular complexity index is 627. The number of aliphatic hydroxyl groups is 1. The van der Waals surface area contributed by atoms with E-state index in [1.54, 1.807) is 12.1 Å². The molecule has 3 N–H and O–H groups in total. The van der Waals surface area contributed by atoms with Gasteiger partial charge in [-0.1, -0.05) is 0 Å². The maximum absolute atomic E-state index is 10.7. The van der Waals surface area contributed by atoms with Crippen LogP contribution in [0.1, 0.15) is 30.8 Å². The molecule has 0 saturated heterocycles. The lowest BCUT2D eigenvalue weighted by Crippen LogP contribution is -2.27. The second-order valence-corrected chi connectivity index (χ2v) is 5.12. The Hall–Kier alpha value is -2.38. The van der Waals surface area contributed by atoms with Crippen LogP contribution in [0.15, 0.2) is 41.0 Å². The molecule has 7 nitrogen and oxygen atoms in total. The molecule has 0 radical (unpaired) electrons. The zero-order valence-corrected chi connectivity index (χ0v) is 12.1. The van der Waals surface area contributed by atoms with Crippen LogP contribution >= 0.6 is 0 Å². The molecule has 0 bridgehead atoms. The van der Waals surface area contributed by atoms with Crippen LogP contribution in [-0.2, 0) is 6.54 Å². The van der Waals surface area contributed by atoms with Crippen LogP contribution in [0.4, 0.5) is 5.69 Å². The van der Waals surface area contributed by atoms with Gasteiger partial charge in [-0.05, 0) is 31.5 Å². The Morgan fingerprint density at radius 3 is 2.82 bits per heavy atom. The molecule has 1 aromatic carbocycles. The van der Waals surface area contributed by atoms with E-state index in [0.717, 1.165) is 0 Å². The summed E-state index contributed by atoms with van der Waals surface area (Å²) in [6.45, 7) is 2.14. The smallest absolute Gasteiger partial charge is 0.270 e. The standard InChI is InChI=1S/C15H18N2O5/c1-10(7-14(19)15-3-2-6-22-15)16-9-11-8-12(17(20)21)4-5-13(11)18/h2-6,8,10,14,16,18-19H,7,9H2,1H3. The van der Waals surface area contributed by atoms with E-state index < -0.39 is 11.0 Å². The molecule has 0 aliphatic rings. The highest BCUT2D eigenvalue weighted by Gasteiger charge is 2.16. The monoisotopic (exact) mass is 306 g/mol. The third kappa shape index (κ3) is 4.06. The van der Waals surface area contributed by atoms with E-state index >= 15 is 0 Å². The SMILES string of the molecule is CC(CC(O)c1ccco1)NCc1cc([N+](=O)[O-])ccc1O. The highest BCUT2D eigenvalue weighted by atomic mass is 16.6. The van der Waals surface area contributed by atoms with Gasteiger partial charge in [0.25, 0.3) is 5.69 Å². The number of hydrogen-bond donors (Lipinski definition) is 3. The van der Waals surface area contributed by atoms with Gasteiger partial charge in [0, 0.05) is 30.3 Å². The fourth-order valence-corrected chi connectivity index (χ4v) is 2.13. The van der Waals surface area contributed by atoms with Crippen molar-refractivity contribution in [3.63, 3.8) is 0 Å². The molecule has 2 unspecified atom stereocenters. The van der Waals surface area contributed by atoms with E-state index in [1.807, 2.05) is 6.92 Å². The molecule has 2 rings (SSSR count). The lowest BCUT2D eigenvalue weighted by molar-refractivity contribution is -0.384. The van der Waals surface area contributed by atoms with Crippen molar-refractivity contribution in [1.29, 1.82) is 0 Å². The summed E-state index contributed by atoms with van der Waals surface area (Å²) in [4.78, 5) is 10.2. The zero-order valence-electron chi connectivity index (χ0n) is 12.1. The summed E-state index contributed by atoms with van der Waals surface area (Å²) >= 11 is 0. The number of hydrogen-bond acceptors (Lipinski definition) is 6. The maximum Gasteiger partial charge on any atom is 0.270 e. The van der Waals surface area contributed by atoms with Crippen molar-refractivity contribution in [2.45, 2.75) is 32.0 Å². The van der Waals surface area contributed by atoms with Crippen molar-refractivity contribution in [3.8, 4) is 5.75 Å². The molecular formula is C15H18N2O5. The van der Waals surface area contributed by atoms with Gasteiger partial charge in [0.05, 0.1) is 11.2 Å². The molecule has 1 aromatic heterocycles. The molecule has 22 heavy (non-hydrogen) atoms. The highest BCUT2D eigenvalue weighted by Crippen LogP contribution is 2.23. The van der Waals surface area contributed by atoms with E-state index in [0.29, 0.717) is 17.7 Å². The van der Waals surface area contributed by atoms with Gasteiger partial charge in [-0.25, -0.2) is 0 Å². The van der Waals surface area contributed by atoms with Gasteiger partial charge in [-0.2, -0.15) is 0 Å². The number of furan rings is 1. The summed E-state index contributed by atoms with van der Waals surface area (Å²) in [5.41, 5.74) is 0.367. The Morgan fingerprint density at radius 2 is 2.18 bits per heavy atom. The van der Waals surface area contributed by atoms with Gasteiger partial charge in [-0.15, -0.1) is 0 Å². The normalized spacial score (nSPS) is 13.7. The third-order valence-electron chi connectivity index (χ3n) is 3.36. The number of phenolic OH excluding ortho intramolecular Hbond substituents is 1. The minimum absolute atomic E-state index is 0.00289. The zero-order chi connectivity index (χ0) is 16.1. The number of phenols is 1. The fraction of sp³-hybridized carbons (Fsp3) is 0.333. The average Bonchev–Trinajstić information content (AvgIpc) is 3.00. The fourth-order valence-electron chi connectivity index (χ4n) is 2.13. The maximum atomic E-state index is 10.7. The molecule has 1 heterocycles. The summed E-state index contributed by atoms with van der Waals surface area (Å²) < 4.78 is 5.13. The number of non-ortho nitro benzene ring substituents is 1. The Morgan fingerprint density at radius 1 is 1.41 bits per heavy atom. The van der Waals surface area contributed by atoms with E-state index in [9.17, 15) is 20.3 Å². The lowest BCUT2D eigenvalue weighted by Gasteiger charge is -2.17. The van der Waals surface area contributed by atoms with E-state index in [4.69, 9.17) is 4.42 Å². The number of aliphatic hydroxyl groups excluding tert-OH is 1. The van der Waals surface area contributed by atoms with Crippen molar-refractivity contribution in [1.82, 2.24) is 5.32 Å². The minimum Gasteiger partial charge on any atom is -0.508 e. The van der Waals surface area contributed by atoms with Crippen LogP contribution in [-0.4, -0.2) is 21.2 Å². The van der Waals surface area contributed by atoms with E-state index in [1.165, 1.54) is 24.5 Å². The minimum atomic E-state index is -0.726. The van der Waals surface area contributed by atoms with Crippen molar-refractivity contribution in [2.75, 3.05) is 0 Å². The molecular weight excluding hydrogens is 288 g/mol. The third-order valence-corrected chi connectivity index (χ3v) is 3.36. The van der Waals surface area contributed by atoms with E-state index in [-0.39, 0.29) is 24.0 Å². The predicted octanol–water partition coefficient (Wildman–Crippen LogP) is 2.50.